The highest BCUT2D eigenvalue weighted by atomic mass is 16.7. The third-order valence-electron chi connectivity index (χ3n) is 2.81. The molecular weight excluding hydrogens is 272 g/mol. The highest BCUT2D eigenvalue weighted by Crippen LogP contribution is 2.23. The second-order valence-corrected chi connectivity index (χ2v) is 4.32. The third kappa shape index (κ3) is 3.87. The van der Waals surface area contributed by atoms with Crippen LogP contribution in [0.5, 0.6) is 0 Å². The van der Waals surface area contributed by atoms with Crippen molar-refractivity contribution >= 4 is 11.9 Å². The average molecular weight is 292 g/mol. The summed E-state index contributed by atoms with van der Waals surface area (Å²) in [4.78, 5) is 22.6. The number of aliphatic hydroxyl groups excluding tert-OH is 2. The standard InChI is InChI=1S/C11H20N2O7/c1-5(14)13-6-7(15)8(16)9(10(17)18-2)20-11(6)19-4-3-12/h6-9,11,15-16H,3-4,12H2,1-2H3,(H,13,14)/t6-,7+,8-,9-,11+/m0/s1. The Morgan fingerprint density at radius 1 is 1.35 bits per heavy atom. The molecule has 9 heteroatoms. The van der Waals surface area contributed by atoms with Crippen molar-refractivity contribution in [2.45, 2.75) is 37.6 Å². The number of esters is 1. The summed E-state index contributed by atoms with van der Waals surface area (Å²) in [7, 11) is 1.13. The van der Waals surface area contributed by atoms with E-state index >= 15 is 0 Å². The Morgan fingerprint density at radius 3 is 2.50 bits per heavy atom. The molecule has 0 aliphatic carbocycles. The maximum Gasteiger partial charge on any atom is 0.337 e. The largest absolute Gasteiger partial charge is 0.467 e. The quantitative estimate of drug-likeness (QED) is 0.395. The van der Waals surface area contributed by atoms with Gasteiger partial charge in [0.2, 0.25) is 5.91 Å². The molecular formula is C11H20N2O7. The van der Waals surface area contributed by atoms with E-state index in [4.69, 9.17) is 15.2 Å². The molecule has 20 heavy (non-hydrogen) atoms. The molecule has 0 unspecified atom stereocenters. The number of methoxy groups -OCH3 is 1. The predicted octanol–water partition coefficient (Wildman–Crippen LogP) is -2.91. The second-order valence-electron chi connectivity index (χ2n) is 4.32. The number of carbonyl (C=O) groups excluding carboxylic acids is 2. The first kappa shape index (κ1) is 16.8. The van der Waals surface area contributed by atoms with Crippen LogP contribution in [0.1, 0.15) is 6.92 Å². The predicted molar refractivity (Wildman–Crippen MR) is 65.3 cm³/mol. The lowest BCUT2D eigenvalue weighted by atomic mass is 9.96. The van der Waals surface area contributed by atoms with E-state index in [-0.39, 0.29) is 13.2 Å². The number of carbonyl (C=O) groups is 2. The summed E-state index contributed by atoms with van der Waals surface area (Å²) in [5.74, 6) is -1.29. The normalized spacial score (nSPS) is 33.5. The van der Waals surface area contributed by atoms with E-state index in [2.05, 4.69) is 10.1 Å². The number of hydrogen-bond donors (Lipinski definition) is 4. The van der Waals surface area contributed by atoms with Gasteiger partial charge in [-0.25, -0.2) is 4.79 Å². The molecule has 0 aromatic heterocycles. The Balaban J connectivity index is 2.88. The van der Waals surface area contributed by atoms with Gasteiger partial charge in [0.05, 0.1) is 13.7 Å². The van der Waals surface area contributed by atoms with Crippen LogP contribution in [0.4, 0.5) is 0 Å². The molecule has 0 aromatic carbocycles. The number of nitrogens with one attached hydrogen (secondary N) is 1. The van der Waals surface area contributed by atoms with E-state index in [1.54, 1.807) is 0 Å². The van der Waals surface area contributed by atoms with Crippen LogP contribution in [0, 0.1) is 0 Å². The van der Waals surface area contributed by atoms with Crippen molar-refractivity contribution < 1.29 is 34.0 Å². The zero-order valence-electron chi connectivity index (χ0n) is 11.3. The van der Waals surface area contributed by atoms with Gasteiger partial charge in [-0.3, -0.25) is 4.79 Å². The van der Waals surface area contributed by atoms with Gasteiger partial charge in [0, 0.05) is 13.5 Å². The molecule has 5 atom stereocenters. The number of aliphatic hydroxyl groups is 2. The van der Waals surface area contributed by atoms with Crippen LogP contribution in [0.2, 0.25) is 0 Å². The van der Waals surface area contributed by atoms with Crippen LogP contribution in [0.3, 0.4) is 0 Å². The van der Waals surface area contributed by atoms with E-state index in [1.165, 1.54) is 6.92 Å². The Bertz CT molecular complexity index is 352. The van der Waals surface area contributed by atoms with Crippen LogP contribution in [-0.2, 0) is 23.8 Å². The maximum absolute atomic E-state index is 11.5. The fourth-order valence-electron chi connectivity index (χ4n) is 1.89. The van der Waals surface area contributed by atoms with Crippen molar-refractivity contribution in [2.75, 3.05) is 20.3 Å². The minimum absolute atomic E-state index is 0.0947. The minimum Gasteiger partial charge on any atom is -0.467 e. The Labute approximate surface area is 116 Å². The molecule has 5 N–H and O–H groups in total. The van der Waals surface area contributed by atoms with Crippen molar-refractivity contribution in [3.05, 3.63) is 0 Å². The molecule has 1 saturated heterocycles. The van der Waals surface area contributed by atoms with Gasteiger partial charge in [0.1, 0.15) is 18.2 Å². The maximum atomic E-state index is 11.5. The van der Waals surface area contributed by atoms with E-state index in [0.29, 0.717) is 0 Å². The number of rotatable bonds is 5. The Kier molecular flexibility index (Phi) is 6.30. The Hall–Kier alpha value is -1.26. The van der Waals surface area contributed by atoms with Gasteiger partial charge in [-0.05, 0) is 0 Å². The highest BCUT2D eigenvalue weighted by Gasteiger charge is 2.48. The first-order chi connectivity index (χ1) is 9.42. The molecule has 1 heterocycles. The lowest BCUT2D eigenvalue weighted by molar-refractivity contribution is -0.264. The van der Waals surface area contributed by atoms with Crippen LogP contribution < -0.4 is 11.1 Å². The van der Waals surface area contributed by atoms with E-state index in [9.17, 15) is 19.8 Å². The summed E-state index contributed by atoms with van der Waals surface area (Å²) >= 11 is 0. The highest BCUT2D eigenvalue weighted by molar-refractivity contribution is 5.76. The zero-order chi connectivity index (χ0) is 15.3. The van der Waals surface area contributed by atoms with Gasteiger partial charge in [-0.15, -0.1) is 0 Å². The van der Waals surface area contributed by atoms with Crippen molar-refractivity contribution in [2.24, 2.45) is 5.73 Å². The summed E-state index contributed by atoms with van der Waals surface area (Å²) in [6.45, 7) is 1.52. The molecule has 0 bridgehead atoms. The van der Waals surface area contributed by atoms with Crippen molar-refractivity contribution in [3.8, 4) is 0 Å². The van der Waals surface area contributed by atoms with Crippen LogP contribution >= 0.6 is 0 Å². The molecule has 116 valence electrons. The average Bonchev–Trinajstić information content (AvgIpc) is 2.42. The molecule has 1 rings (SSSR count). The van der Waals surface area contributed by atoms with Gasteiger partial charge < -0.3 is 35.5 Å². The summed E-state index contributed by atoms with van der Waals surface area (Å²) in [6.07, 6.45) is -5.51. The number of ether oxygens (including phenoxy) is 3. The molecule has 0 spiro atoms. The second kappa shape index (κ2) is 7.50. The molecule has 0 radical (unpaired) electrons. The zero-order valence-corrected chi connectivity index (χ0v) is 11.3. The first-order valence-electron chi connectivity index (χ1n) is 6.10. The molecule has 1 aliphatic rings. The smallest absolute Gasteiger partial charge is 0.337 e. The third-order valence-corrected chi connectivity index (χ3v) is 2.81. The van der Waals surface area contributed by atoms with Gasteiger partial charge in [0.15, 0.2) is 12.4 Å². The van der Waals surface area contributed by atoms with Crippen molar-refractivity contribution in [1.29, 1.82) is 0 Å². The van der Waals surface area contributed by atoms with Crippen LogP contribution in [0.15, 0.2) is 0 Å². The topological polar surface area (TPSA) is 140 Å². The van der Waals surface area contributed by atoms with Crippen molar-refractivity contribution in [1.82, 2.24) is 5.32 Å². The number of hydrogen-bond acceptors (Lipinski definition) is 8. The number of amides is 1. The van der Waals surface area contributed by atoms with Gasteiger partial charge in [0.25, 0.3) is 0 Å². The van der Waals surface area contributed by atoms with Crippen LogP contribution in [-0.4, -0.2) is 73.0 Å². The fraction of sp³-hybridized carbons (Fsp3) is 0.818. The number of nitrogens with two attached hydrogens (primary N) is 1. The van der Waals surface area contributed by atoms with Gasteiger partial charge >= 0.3 is 5.97 Å². The van der Waals surface area contributed by atoms with Crippen molar-refractivity contribution in [3.63, 3.8) is 0 Å². The summed E-state index contributed by atoms with van der Waals surface area (Å²) in [5.41, 5.74) is 5.30. The molecule has 0 saturated carbocycles. The minimum atomic E-state index is -1.54. The van der Waals surface area contributed by atoms with E-state index < -0.39 is 42.5 Å². The molecule has 9 nitrogen and oxygen atoms in total. The van der Waals surface area contributed by atoms with E-state index in [1.807, 2.05) is 0 Å². The van der Waals surface area contributed by atoms with Gasteiger partial charge in [-0.2, -0.15) is 0 Å². The lowest BCUT2D eigenvalue weighted by Gasteiger charge is -2.41. The summed E-state index contributed by atoms with van der Waals surface area (Å²) in [6, 6.07) is -1.02. The first-order valence-corrected chi connectivity index (χ1v) is 6.10. The summed E-state index contributed by atoms with van der Waals surface area (Å²) < 4.78 is 15.0. The molecule has 1 amide bonds. The monoisotopic (exact) mass is 292 g/mol. The summed E-state index contributed by atoms with van der Waals surface area (Å²) in [5, 5.41) is 22.3. The molecule has 0 aromatic rings. The van der Waals surface area contributed by atoms with Gasteiger partial charge in [-0.1, -0.05) is 0 Å². The molecule has 1 fully saturated rings. The van der Waals surface area contributed by atoms with Crippen LogP contribution in [0.25, 0.3) is 0 Å². The van der Waals surface area contributed by atoms with E-state index in [0.717, 1.165) is 7.11 Å². The fourth-order valence-corrected chi connectivity index (χ4v) is 1.89. The molecule has 1 aliphatic heterocycles. The Morgan fingerprint density at radius 2 is 2.00 bits per heavy atom. The SMILES string of the molecule is COC(=O)[C@H]1O[C@@H](OCCN)[C@@H](NC(C)=O)[C@@H](O)[C@@H]1O. The lowest BCUT2D eigenvalue weighted by Crippen LogP contribution is -2.65.